The van der Waals surface area contributed by atoms with E-state index in [4.69, 9.17) is 0 Å². The third-order valence-electron chi connectivity index (χ3n) is 5.26. The summed E-state index contributed by atoms with van der Waals surface area (Å²) in [6.07, 6.45) is 5.41. The second-order valence-electron chi connectivity index (χ2n) is 9.08. The molecule has 4 heteroatoms. The van der Waals surface area contributed by atoms with Crippen molar-refractivity contribution >= 4 is 5.57 Å². The largest absolute Gasteiger partial charge is 0.250 e. The van der Waals surface area contributed by atoms with Gasteiger partial charge >= 0.3 is 0 Å². The first-order valence-corrected chi connectivity index (χ1v) is 10.00. The van der Waals surface area contributed by atoms with Crippen molar-refractivity contribution in [2.24, 2.45) is 5.92 Å². The van der Waals surface area contributed by atoms with Gasteiger partial charge in [0.15, 0.2) is 0 Å². The predicted octanol–water partition coefficient (Wildman–Crippen LogP) is 6.56. The molecular formula is C25H34FN2O+. The van der Waals surface area contributed by atoms with Crippen molar-refractivity contribution in [1.82, 2.24) is 0 Å². The van der Waals surface area contributed by atoms with Gasteiger partial charge in [0.2, 0.25) is 11.6 Å². The van der Waals surface area contributed by atoms with E-state index in [1.54, 1.807) is 26.0 Å². The highest BCUT2D eigenvalue weighted by atomic mass is 19.1. The van der Waals surface area contributed by atoms with E-state index in [-0.39, 0.29) is 5.92 Å². The molecule has 0 heterocycles. The second kappa shape index (κ2) is 9.78. The van der Waals surface area contributed by atoms with Gasteiger partial charge in [-0.25, -0.2) is 4.39 Å². The van der Waals surface area contributed by atoms with E-state index in [1.807, 2.05) is 65.0 Å². The molecule has 0 N–H and O–H groups in total. The molecule has 0 saturated carbocycles. The number of rotatable bonds is 8. The lowest BCUT2D eigenvalue weighted by molar-refractivity contribution is -0.653. The molecule has 29 heavy (non-hydrogen) atoms. The van der Waals surface area contributed by atoms with Crippen molar-refractivity contribution < 1.29 is 9.15 Å². The minimum Gasteiger partial charge on any atom is -0.250 e. The van der Waals surface area contributed by atoms with Crippen molar-refractivity contribution in [1.29, 1.82) is 5.26 Å². The summed E-state index contributed by atoms with van der Waals surface area (Å²) < 4.78 is 15.1. The lowest BCUT2D eigenvalue weighted by Gasteiger charge is -2.30. The maximum absolute atomic E-state index is 14.2. The number of nitrogens with zero attached hydrogens (tertiary/aromatic N) is 2. The fourth-order valence-electron chi connectivity index (χ4n) is 3.22. The molecule has 0 aliphatic rings. The minimum absolute atomic E-state index is 0.263. The number of halogens is 1. The molecule has 1 aromatic carbocycles. The third kappa shape index (κ3) is 5.97. The summed E-state index contributed by atoms with van der Waals surface area (Å²) in [6, 6.07) is 9.16. The Balaban J connectivity index is 3.32. The van der Waals surface area contributed by atoms with Crippen LogP contribution in [0, 0.1) is 22.2 Å². The lowest BCUT2D eigenvalue weighted by Crippen LogP contribution is -2.49. The summed E-state index contributed by atoms with van der Waals surface area (Å²) in [5.41, 5.74) is 1.51. The molecular weight excluding hydrogens is 363 g/mol. The Kier molecular flexibility index (Phi) is 8.26. The number of benzene rings is 1. The van der Waals surface area contributed by atoms with E-state index in [1.165, 1.54) is 0 Å². The van der Waals surface area contributed by atoms with Gasteiger partial charge in [-0.2, -0.15) is 5.26 Å². The molecule has 0 aliphatic carbocycles. The molecule has 0 saturated heterocycles. The number of nitriles is 1. The maximum Gasteiger partial charge on any atom is 0.211 e. The first-order valence-electron chi connectivity index (χ1n) is 10.00. The van der Waals surface area contributed by atoms with Crippen LogP contribution in [0.5, 0.6) is 0 Å². The number of hydrogen-bond acceptors (Lipinski definition) is 2. The highest BCUT2D eigenvalue weighted by molar-refractivity contribution is 5.76. The van der Waals surface area contributed by atoms with Gasteiger partial charge in [-0.1, -0.05) is 56.8 Å². The van der Waals surface area contributed by atoms with Crippen LogP contribution in [0.15, 0.2) is 54.6 Å². The van der Waals surface area contributed by atoms with Gasteiger partial charge in [-0.15, -0.1) is 0 Å². The summed E-state index contributed by atoms with van der Waals surface area (Å²) in [7, 11) is 0. The van der Waals surface area contributed by atoms with E-state index in [9.17, 15) is 14.6 Å². The van der Waals surface area contributed by atoms with Crippen molar-refractivity contribution in [2.75, 3.05) is 6.67 Å². The Morgan fingerprint density at radius 2 is 1.76 bits per heavy atom. The third-order valence-corrected chi connectivity index (χ3v) is 5.26. The molecule has 3 nitrogen and oxygen atoms in total. The Labute approximate surface area is 175 Å². The topological polar surface area (TPSA) is 43.9 Å². The number of nitroso groups, excluding NO2 is 1. The summed E-state index contributed by atoms with van der Waals surface area (Å²) in [5.74, 6) is 0.263. The van der Waals surface area contributed by atoms with Gasteiger partial charge in [0.05, 0.1) is 11.5 Å². The normalized spacial score (nSPS) is 16.1. The SMILES string of the molecule is C=C/C(=C\C(C#N)=C/C(C)C)c1ccc(C(C)(CF)C(C)[N+](=O)C(C)(C)C)cc1. The molecule has 1 rings (SSSR count). The molecule has 156 valence electrons. The average molecular weight is 398 g/mol. The predicted molar refractivity (Wildman–Crippen MR) is 119 cm³/mol. The van der Waals surface area contributed by atoms with E-state index in [2.05, 4.69) is 12.6 Å². The monoisotopic (exact) mass is 397 g/mol. The molecule has 0 spiro atoms. The number of alkyl halides is 1. The standard InChI is InChI=1S/C25H34FN2O/c1-9-21(15-20(16-27)14-18(2)3)22-10-12-23(13-11-22)25(8,17-26)19(4)28(29)24(5,6)7/h9-15,18-19H,1,17H2,2-8H3/q+1/b20-14+,21-15+. The average Bonchev–Trinajstić information content (AvgIpc) is 2.68. The van der Waals surface area contributed by atoms with Crippen molar-refractivity contribution in [2.45, 2.75) is 65.5 Å². The quantitative estimate of drug-likeness (QED) is 0.283. The zero-order valence-electron chi connectivity index (χ0n) is 18.8. The van der Waals surface area contributed by atoms with Gasteiger partial charge in [0, 0.05) is 42.9 Å². The van der Waals surface area contributed by atoms with Crippen LogP contribution < -0.4 is 0 Å². The fourth-order valence-corrected chi connectivity index (χ4v) is 3.22. The van der Waals surface area contributed by atoms with Crippen LogP contribution in [-0.2, 0) is 5.41 Å². The van der Waals surface area contributed by atoms with Crippen LogP contribution in [-0.4, -0.2) is 23.0 Å². The highest BCUT2D eigenvalue weighted by Gasteiger charge is 2.47. The zero-order chi connectivity index (χ0) is 22.4. The molecule has 2 unspecified atom stereocenters. The minimum atomic E-state index is -0.930. The Hall–Kier alpha value is -2.54. The van der Waals surface area contributed by atoms with Gasteiger partial charge in [0.25, 0.3) is 0 Å². The molecule has 0 amide bonds. The Bertz CT molecular complexity index is 835. The molecule has 0 aliphatic heterocycles. The summed E-state index contributed by atoms with van der Waals surface area (Å²) >= 11 is 0. The Morgan fingerprint density at radius 1 is 1.21 bits per heavy atom. The van der Waals surface area contributed by atoms with Crippen molar-refractivity contribution in [3.05, 3.63) is 70.7 Å². The van der Waals surface area contributed by atoms with Crippen LogP contribution in [0.25, 0.3) is 5.57 Å². The zero-order valence-corrected chi connectivity index (χ0v) is 18.8. The summed E-state index contributed by atoms with van der Waals surface area (Å²) in [4.78, 5) is 12.7. The maximum atomic E-state index is 14.2. The molecule has 0 bridgehead atoms. The first-order chi connectivity index (χ1) is 13.4. The van der Waals surface area contributed by atoms with Crippen molar-refractivity contribution in [3.63, 3.8) is 0 Å². The lowest BCUT2D eigenvalue weighted by atomic mass is 9.76. The van der Waals surface area contributed by atoms with Crippen molar-refractivity contribution in [3.8, 4) is 6.07 Å². The second-order valence-corrected chi connectivity index (χ2v) is 9.08. The van der Waals surface area contributed by atoms with E-state index < -0.39 is 23.7 Å². The van der Waals surface area contributed by atoms with Gasteiger partial charge in [0.1, 0.15) is 6.67 Å². The van der Waals surface area contributed by atoms with E-state index in [0.717, 1.165) is 21.5 Å². The smallest absolute Gasteiger partial charge is 0.211 e. The molecule has 0 aromatic heterocycles. The number of hydrogen-bond donors (Lipinski definition) is 0. The number of allylic oxidation sites excluding steroid dienone is 5. The van der Waals surface area contributed by atoms with Gasteiger partial charge in [-0.3, -0.25) is 0 Å². The molecule has 0 radical (unpaired) electrons. The van der Waals surface area contributed by atoms with Gasteiger partial charge < -0.3 is 0 Å². The summed E-state index contributed by atoms with van der Waals surface area (Å²) in [6.45, 7) is 16.3. The van der Waals surface area contributed by atoms with Crippen LogP contribution >= 0.6 is 0 Å². The Morgan fingerprint density at radius 3 is 2.14 bits per heavy atom. The molecule has 1 aromatic rings. The first kappa shape index (κ1) is 24.5. The van der Waals surface area contributed by atoms with Gasteiger partial charge in [-0.05, 0) is 35.6 Å². The molecule has 2 atom stereocenters. The van der Waals surface area contributed by atoms with Crippen LogP contribution in [0.3, 0.4) is 0 Å². The van der Waals surface area contributed by atoms with E-state index >= 15 is 0 Å². The van der Waals surface area contributed by atoms with Crippen LogP contribution in [0.4, 0.5) is 4.39 Å². The fraction of sp³-hybridized carbons (Fsp3) is 0.480. The molecule has 0 fully saturated rings. The van der Waals surface area contributed by atoms with Crippen LogP contribution in [0.1, 0.15) is 59.6 Å². The van der Waals surface area contributed by atoms with E-state index in [0.29, 0.717) is 5.57 Å². The highest BCUT2D eigenvalue weighted by Crippen LogP contribution is 2.33. The summed E-state index contributed by atoms with van der Waals surface area (Å²) in [5, 5.41) is 9.35. The van der Waals surface area contributed by atoms with Crippen LogP contribution in [0.2, 0.25) is 0 Å².